The first-order chi connectivity index (χ1) is 4.15. The summed E-state index contributed by atoms with van der Waals surface area (Å²) in [6.45, 7) is 5.25. The van der Waals surface area contributed by atoms with Crippen LogP contribution >= 0.6 is 0 Å². The van der Waals surface area contributed by atoms with E-state index in [1.54, 1.807) is 6.08 Å². The minimum atomic E-state index is -1.83. The smallest absolute Gasteiger partial charge is 0.450 e. The van der Waals surface area contributed by atoms with Gasteiger partial charge in [0.2, 0.25) is 0 Å². The number of carboxylic acid groups (broad SMARTS) is 2. The molecule has 0 atom stereocenters. The molecule has 0 heterocycles. The van der Waals surface area contributed by atoms with Gasteiger partial charge in [0.15, 0.2) is 0 Å². The van der Waals surface area contributed by atoms with Crippen molar-refractivity contribution in [1.82, 2.24) is 0 Å². The van der Waals surface area contributed by atoms with Crippen LogP contribution in [0.2, 0.25) is 0 Å². The van der Waals surface area contributed by atoms with Gasteiger partial charge in [-0.05, 0) is 6.92 Å². The van der Waals surface area contributed by atoms with Gasteiger partial charge in [0.1, 0.15) is 0 Å². The molecule has 0 aliphatic rings. The molecule has 6 N–H and O–H groups in total. The Balaban J connectivity index is -0.0000000646. The Morgan fingerprint density at radius 1 is 1.56 bits per heavy atom. The number of allylic oxidation sites excluding steroid dienone is 1. The third-order valence-electron chi connectivity index (χ3n) is 0. The van der Waals surface area contributed by atoms with Crippen molar-refractivity contribution in [1.29, 1.82) is 0 Å². The third kappa shape index (κ3) is 147. The van der Waals surface area contributed by atoms with Gasteiger partial charge in [0.25, 0.3) is 0 Å². The van der Waals surface area contributed by atoms with E-state index in [1.807, 2.05) is 6.92 Å². The first-order valence-corrected chi connectivity index (χ1v) is 1.97. The van der Waals surface area contributed by atoms with Crippen LogP contribution < -0.4 is 11.7 Å². The predicted octanol–water partition coefficient (Wildman–Crippen LogP) is 0.234. The molecular formula is C4H12N2O3. The van der Waals surface area contributed by atoms with Crippen LogP contribution in [0.4, 0.5) is 4.79 Å². The summed E-state index contributed by atoms with van der Waals surface area (Å²) < 4.78 is 0. The molecule has 9 heavy (non-hydrogen) atoms. The van der Waals surface area contributed by atoms with Crippen LogP contribution in [0.25, 0.3) is 0 Å². The Labute approximate surface area is 53.6 Å². The molecular weight excluding hydrogens is 124 g/mol. The second-order valence-electron chi connectivity index (χ2n) is 0.691. The predicted molar refractivity (Wildman–Crippen MR) is 34.9 cm³/mol. The van der Waals surface area contributed by atoms with Gasteiger partial charge in [-0.3, -0.25) is 11.7 Å². The normalized spacial score (nSPS) is 4.78. The second kappa shape index (κ2) is 28.4. The molecule has 5 heteroatoms. The van der Waals surface area contributed by atoms with Crippen LogP contribution in [0.15, 0.2) is 12.7 Å². The van der Waals surface area contributed by atoms with Crippen molar-refractivity contribution in [3.8, 4) is 0 Å². The molecule has 0 unspecified atom stereocenters. The molecule has 5 nitrogen and oxygen atoms in total. The number of carbonyl (C=O) groups is 1. The molecule has 0 saturated heterocycles. The molecule has 0 aromatic heterocycles. The average Bonchev–Trinajstić information content (AvgIpc) is 1.71. The summed E-state index contributed by atoms with van der Waals surface area (Å²) in [5.74, 6) is 8.00. The summed E-state index contributed by atoms with van der Waals surface area (Å²) in [4.78, 5) is 8.56. The highest BCUT2D eigenvalue weighted by molar-refractivity contribution is 5.53. The largest absolute Gasteiger partial charge is 0.503 e. The summed E-state index contributed by atoms with van der Waals surface area (Å²) in [6, 6.07) is 0. The van der Waals surface area contributed by atoms with Crippen LogP contribution in [0.5, 0.6) is 0 Å². The molecule has 0 spiro atoms. The van der Waals surface area contributed by atoms with Gasteiger partial charge < -0.3 is 10.2 Å². The van der Waals surface area contributed by atoms with E-state index in [-0.39, 0.29) is 0 Å². The van der Waals surface area contributed by atoms with Gasteiger partial charge in [0, 0.05) is 0 Å². The number of hydrogen-bond donors (Lipinski definition) is 4. The van der Waals surface area contributed by atoms with Gasteiger partial charge in [0.05, 0.1) is 0 Å². The standard InChI is InChI=1S/C3H6.CH2O3.H4N2/c1-3-2;2-1(3)4;1-2/h3H,1H2,2H3;(H2,2,3,4);1-2H2. The van der Waals surface area contributed by atoms with Crippen molar-refractivity contribution in [2.75, 3.05) is 0 Å². The zero-order valence-electron chi connectivity index (χ0n) is 5.24. The van der Waals surface area contributed by atoms with Crippen molar-refractivity contribution in [3.63, 3.8) is 0 Å². The summed E-state index contributed by atoms with van der Waals surface area (Å²) in [5.41, 5.74) is 0. The van der Waals surface area contributed by atoms with E-state index in [0.717, 1.165) is 0 Å². The summed E-state index contributed by atoms with van der Waals surface area (Å²) in [5, 5.41) is 13.9. The van der Waals surface area contributed by atoms with Crippen molar-refractivity contribution >= 4 is 6.16 Å². The lowest BCUT2D eigenvalue weighted by Gasteiger charge is -1.60. The lowest BCUT2D eigenvalue weighted by molar-refractivity contribution is 0.137. The molecule has 0 aliphatic carbocycles. The maximum Gasteiger partial charge on any atom is 0.503 e. The van der Waals surface area contributed by atoms with Crippen molar-refractivity contribution in [3.05, 3.63) is 12.7 Å². The number of rotatable bonds is 0. The van der Waals surface area contributed by atoms with Crippen LogP contribution in [0.1, 0.15) is 6.92 Å². The van der Waals surface area contributed by atoms with E-state index in [4.69, 9.17) is 15.0 Å². The van der Waals surface area contributed by atoms with E-state index in [2.05, 4.69) is 18.3 Å². The SMILES string of the molecule is C=CC.NN.O=C(O)O. The summed E-state index contributed by atoms with van der Waals surface area (Å²) >= 11 is 0. The molecule has 0 radical (unpaired) electrons. The number of nitrogens with two attached hydrogens (primary N) is 2. The fraction of sp³-hybridized carbons (Fsp3) is 0.250. The Morgan fingerprint density at radius 2 is 1.56 bits per heavy atom. The Morgan fingerprint density at radius 3 is 1.56 bits per heavy atom. The van der Waals surface area contributed by atoms with Crippen molar-refractivity contribution in [2.45, 2.75) is 6.92 Å². The number of hydrazine groups is 1. The quantitative estimate of drug-likeness (QED) is 0.216. The van der Waals surface area contributed by atoms with E-state index >= 15 is 0 Å². The fourth-order valence-electron chi connectivity index (χ4n) is 0. The van der Waals surface area contributed by atoms with Gasteiger partial charge in [-0.15, -0.1) is 6.58 Å². The number of hydrogen-bond acceptors (Lipinski definition) is 3. The monoisotopic (exact) mass is 136 g/mol. The van der Waals surface area contributed by atoms with Gasteiger partial charge >= 0.3 is 6.16 Å². The van der Waals surface area contributed by atoms with Crippen LogP contribution in [0, 0.1) is 0 Å². The van der Waals surface area contributed by atoms with E-state index < -0.39 is 6.16 Å². The molecule has 56 valence electrons. The highest BCUT2D eigenvalue weighted by atomic mass is 16.6. The van der Waals surface area contributed by atoms with Gasteiger partial charge in [-0.1, -0.05) is 6.08 Å². The maximum atomic E-state index is 8.56. The lowest BCUT2D eigenvalue weighted by atomic mass is 10.8. The Bertz CT molecular complexity index is 60.8. The van der Waals surface area contributed by atoms with Crippen LogP contribution in [-0.4, -0.2) is 16.4 Å². The molecule has 0 aliphatic heterocycles. The molecule has 0 fully saturated rings. The van der Waals surface area contributed by atoms with Crippen LogP contribution in [0.3, 0.4) is 0 Å². The summed E-state index contributed by atoms with van der Waals surface area (Å²) in [7, 11) is 0. The molecule has 0 aromatic rings. The first-order valence-electron chi connectivity index (χ1n) is 1.97. The van der Waals surface area contributed by atoms with Crippen LogP contribution in [-0.2, 0) is 0 Å². The van der Waals surface area contributed by atoms with E-state index in [0.29, 0.717) is 0 Å². The Hall–Kier alpha value is -1.07. The molecule has 0 saturated carbocycles. The Kier molecular flexibility index (Phi) is 49.4. The zero-order valence-corrected chi connectivity index (χ0v) is 5.24. The maximum absolute atomic E-state index is 8.56. The third-order valence-corrected chi connectivity index (χ3v) is 0. The summed E-state index contributed by atoms with van der Waals surface area (Å²) in [6.07, 6.45) is -0.0833. The van der Waals surface area contributed by atoms with E-state index in [1.165, 1.54) is 0 Å². The minimum absolute atomic E-state index is 1.75. The molecule has 0 bridgehead atoms. The average molecular weight is 136 g/mol. The van der Waals surface area contributed by atoms with Gasteiger partial charge in [-0.2, -0.15) is 0 Å². The molecule has 0 rings (SSSR count). The second-order valence-corrected chi connectivity index (χ2v) is 0.691. The fourth-order valence-corrected chi connectivity index (χ4v) is 0. The topological polar surface area (TPSA) is 110 Å². The zero-order chi connectivity index (χ0) is 8.28. The molecule has 0 amide bonds. The van der Waals surface area contributed by atoms with Crippen molar-refractivity contribution in [2.24, 2.45) is 11.7 Å². The minimum Gasteiger partial charge on any atom is -0.450 e. The van der Waals surface area contributed by atoms with E-state index in [9.17, 15) is 0 Å². The van der Waals surface area contributed by atoms with Crippen molar-refractivity contribution < 1.29 is 15.0 Å². The van der Waals surface area contributed by atoms with Gasteiger partial charge in [-0.25, -0.2) is 4.79 Å². The lowest BCUT2D eigenvalue weighted by Crippen LogP contribution is -2.02. The highest BCUT2D eigenvalue weighted by Crippen LogP contribution is 1.42. The highest BCUT2D eigenvalue weighted by Gasteiger charge is 1.70. The first kappa shape index (κ1) is 15.7. The molecule has 0 aromatic carbocycles.